The van der Waals surface area contributed by atoms with E-state index in [0.717, 1.165) is 22.2 Å². The van der Waals surface area contributed by atoms with E-state index in [0.29, 0.717) is 6.04 Å². The maximum atomic E-state index is 5.33. The number of nitrogens with one attached hydrogen (secondary N) is 1. The van der Waals surface area contributed by atoms with Gasteiger partial charge in [0.1, 0.15) is 5.75 Å². The van der Waals surface area contributed by atoms with Crippen molar-refractivity contribution in [1.82, 2.24) is 4.98 Å². The van der Waals surface area contributed by atoms with E-state index in [1.54, 1.807) is 13.3 Å². The molecule has 3 nitrogen and oxygen atoms in total. The Bertz CT molecular complexity index is 494. The van der Waals surface area contributed by atoms with Crippen LogP contribution >= 0.6 is 0 Å². The summed E-state index contributed by atoms with van der Waals surface area (Å²) in [7, 11) is 1.69. The summed E-state index contributed by atoms with van der Waals surface area (Å²) in [5.41, 5.74) is 1.10. The van der Waals surface area contributed by atoms with E-state index < -0.39 is 0 Å². The van der Waals surface area contributed by atoms with Crippen molar-refractivity contribution >= 4 is 16.5 Å². The van der Waals surface area contributed by atoms with E-state index in [1.807, 2.05) is 24.4 Å². The van der Waals surface area contributed by atoms with Crippen molar-refractivity contribution in [2.45, 2.75) is 19.9 Å². The highest BCUT2D eigenvalue weighted by Gasteiger charge is 2.06. The molecule has 0 amide bonds. The summed E-state index contributed by atoms with van der Waals surface area (Å²) < 4.78 is 5.33. The molecule has 0 saturated carbocycles. The number of benzene rings is 1. The molecule has 0 aliphatic carbocycles. The molecule has 16 heavy (non-hydrogen) atoms. The Morgan fingerprint density at radius 2 is 2.00 bits per heavy atom. The van der Waals surface area contributed by atoms with Crippen LogP contribution in [0.25, 0.3) is 10.8 Å². The Morgan fingerprint density at radius 3 is 2.69 bits per heavy atom. The van der Waals surface area contributed by atoms with Crippen LogP contribution in [-0.4, -0.2) is 18.1 Å². The second kappa shape index (κ2) is 4.39. The van der Waals surface area contributed by atoms with Crippen LogP contribution in [0.3, 0.4) is 0 Å². The van der Waals surface area contributed by atoms with Crippen LogP contribution in [0.15, 0.2) is 30.6 Å². The lowest BCUT2D eigenvalue weighted by atomic mass is 10.1. The number of hydrogen-bond donors (Lipinski definition) is 1. The molecular formula is C13H16N2O. The fourth-order valence-corrected chi connectivity index (χ4v) is 1.78. The molecule has 0 unspecified atom stereocenters. The number of ether oxygens (including phenoxy) is 1. The number of methoxy groups -OCH3 is 1. The van der Waals surface area contributed by atoms with E-state index in [4.69, 9.17) is 4.74 Å². The normalized spacial score (nSPS) is 10.8. The van der Waals surface area contributed by atoms with Crippen LogP contribution in [0.5, 0.6) is 5.75 Å². The molecule has 0 saturated heterocycles. The molecule has 0 spiro atoms. The molecule has 0 atom stereocenters. The van der Waals surface area contributed by atoms with Gasteiger partial charge in [0.2, 0.25) is 0 Å². The van der Waals surface area contributed by atoms with Gasteiger partial charge in [0.05, 0.1) is 7.11 Å². The van der Waals surface area contributed by atoms with Gasteiger partial charge in [0.15, 0.2) is 0 Å². The van der Waals surface area contributed by atoms with Crippen LogP contribution < -0.4 is 10.1 Å². The zero-order valence-electron chi connectivity index (χ0n) is 9.82. The number of aromatic nitrogens is 1. The van der Waals surface area contributed by atoms with Crippen molar-refractivity contribution in [3.8, 4) is 5.75 Å². The molecule has 3 heteroatoms. The van der Waals surface area contributed by atoms with E-state index >= 15 is 0 Å². The molecule has 0 bridgehead atoms. The Kier molecular flexibility index (Phi) is 2.95. The largest absolute Gasteiger partial charge is 0.496 e. The minimum atomic E-state index is 0.400. The van der Waals surface area contributed by atoms with Crippen molar-refractivity contribution in [2.24, 2.45) is 0 Å². The first-order valence-corrected chi connectivity index (χ1v) is 5.39. The molecule has 0 aliphatic heterocycles. The summed E-state index contributed by atoms with van der Waals surface area (Å²) in [5.74, 6) is 0.881. The van der Waals surface area contributed by atoms with E-state index in [-0.39, 0.29) is 0 Å². The van der Waals surface area contributed by atoms with E-state index in [9.17, 15) is 0 Å². The average molecular weight is 216 g/mol. The number of fused-ring (bicyclic) bond motifs is 1. The first-order chi connectivity index (χ1) is 7.72. The fourth-order valence-electron chi connectivity index (χ4n) is 1.78. The van der Waals surface area contributed by atoms with Crippen molar-refractivity contribution < 1.29 is 4.74 Å². The number of rotatable bonds is 3. The van der Waals surface area contributed by atoms with Gasteiger partial charge >= 0.3 is 0 Å². The monoisotopic (exact) mass is 216 g/mol. The Balaban J connectivity index is 2.60. The molecule has 1 N–H and O–H groups in total. The van der Waals surface area contributed by atoms with Gasteiger partial charge in [0.25, 0.3) is 0 Å². The highest BCUT2D eigenvalue weighted by molar-refractivity contribution is 5.97. The van der Waals surface area contributed by atoms with Crippen LogP contribution in [0.4, 0.5) is 5.69 Å². The summed E-state index contributed by atoms with van der Waals surface area (Å²) in [4.78, 5) is 4.16. The third-order valence-corrected chi connectivity index (χ3v) is 2.44. The molecule has 1 aromatic heterocycles. The third kappa shape index (κ3) is 1.94. The van der Waals surface area contributed by atoms with Gasteiger partial charge in [-0.2, -0.15) is 0 Å². The highest BCUT2D eigenvalue weighted by atomic mass is 16.5. The predicted molar refractivity (Wildman–Crippen MR) is 67.1 cm³/mol. The lowest BCUT2D eigenvalue weighted by Gasteiger charge is -2.14. The Hall–Kier alpha value is -1.77. The van der Waals surface area contributed by atoms with Crippen LogP contribution in [0.1, 0.15) is 13.8 Å². The summed E-state index contributed by atoms with van der Waals surface area (Å²) in [6.45, 7) is 4.23. The number of anilines is 1. The average Bonchev–Trinajstić information content (AvgIpc) is 2.29. The molecule has 2 aromatic rings. The summed E-state index contributed by atoms with van der Waals surface area (Å²) in [6, 6.07) is 6.38. The molecule has 0 radical (unpaired) electrons. The predicted octanol–water partition coefficient (Wildman–Crippen LogP) is 3.06. The first kappa shape index (κ1) is 10.7. The van der Waals surface area contributed by atoms with Crippen molar-refractivity contribution in [1.29, 1.82) is 0 Å². The SMILES string of the molecule is COc1ccc(NC(C)C)c2cnccc12. The first-order valence-electron chi connectivity index (χ1n) is 5.39. The van der Waals surface area contributed by atoms with Crippen molar-refractivity contribution in [3.05, 3.63) is 30.6 Å². The second-order valence-corrected chi connectivity index (χ2v) is 4.04. The van der Waals surface area contributed by atoms with Crippen molar-refractivity contribution in [2.75, 3.05) is 12.4 Å². The summed E-state index contributed by atoms with van der Waals surface area (Å²) in [6.07, 6.45) is 3.65. The standard InChI is InChI=1S/C13H16N2O/c1-9(2)15-12-4-5-13(16-3)10-6-7-14-8-11(10)12/h4-9,15H,1-3H3. The molecule has 1 aromatic carbocycles. The van der Waals surface area contributed by atoms with Gasteiger partial charge in [-0.3, -0.25) is 4.98 Å². The zero-order chi connectivity index (χ0) is 11.5. The Labute approximate surface area is 95.5 Å². The number of hydrogen-bond acceptors (Lipinski definition) is 3. The minimum absolute atomic E-state index is 0.400. The highest BCUT2D eigenvalue weighted by Crippen LogP contribution is 2.30. The van der Waals surface area contributed by atoms with Gasteiger partial charge in [-0.1, -0.05) is 0 Å². The van der Waals surface area contributed by atoms with Gasteiger partial charge in [-0.25, -0.2) is 0 Å². The molecular weight excluding hydrogens is 200 g/mol. The molecule has 1 heterocycles. The third-order valence-electron chi connectivity index (χ3n) is 2.44. The van der Waals surface area contributed by atoms with Gasteiger partial charge in [-0.05, 0) is 32.0 Å². The zero-order valence-corrected chi connectivity index (χ0v) is 9.82. The maximum absolute atomic E-state index is 5.33. The smallest absolute Gasteiger partial charge is 0.126 e. The second-order valence-electron chi connectivity index (χ2n) is 4.04. The minimum Gasteiger partial charge on any atom is -0.496 e. The molecule has 2 rings (SSSR count). The van der Waals surface area contributed by atoms with Gasteiger partial charge in [0, 0.05) is 34.9 Å². The fraction of sp³-hybridized carbons (Fsp3) is 0.308. The number of pyridine rings is 1. The lowest BCUT2D eigenvalue weighted by Crippen LogP contribution is -2.10. The summed E-state index contributed by atoms with van der Waals surface area (Å²) >= 11 is 0. The molecule has 0 aliphatic rings. The van der Waals surface area contributed by atoms with Gasteiger partial charge in [-0.15, -0.1) is 0 Å². The van der Waals surface area contributed by atoms with Crippen molar-refractivity contribution in [3.63, 3.8) is 0 Å². The molecule has 84 valence electrons. The lowest BCUT2D eigenvalue weighted by molar-refractivity contribution is 0.420. The van der Waals surface area contributed by atoms with Crippen LogP contribution in [-0.2, 0) is 0 Å². The summed E-state index contributed by atoms with van der Waals surface area (Å²) in [5, 5.41) is 5.58. The van der Waals surface area contributed by atoms with E-state index in [2.05, 4.69) is 24.1 Å². The number of nitrogens with zero attached hydrogens (tertiary/aromatic N) is 1. The maximum Gasteiger partial charge on any atom is 0.126 e. The molecule has 0 fully saturated rings. The van der Waals surface area contributed by atoms with Crippen LogP contribution in [0, 0.1) is 0 Å². The van der Waals surface area contributed by atoms with E-state index in [1.165, 1.54) is 0 Å². The Morgan fingerprint density at radius 1 is 1.19 bits per heavy atom. The van der Waals surface area contributed by atoms with Gasteiger partial charge < -0.3 is 10.1 Å². The quantitative estimate of drug-likeness (QED) is 0.856. The van der Waals surface area contributed by atoms with Crippen LogP contribution in [0.2, 0.25) is 0 Å². The topological polar surface area (TPSA) is 34.1 Å².